The molecule has 0 spiro atoms. The fourth-order valence-electron chi connectivity index (χ4n) is 4.40. The minimum absolute atomic E-state index is 0.0246. The molecule has 1 amide bonds. The van der Waals surface area contributed by atoms with Crippen LogP contribution in [0.4, 0.5) is 5.82 Å². The average Bonchev–Trinajstić information content (AvgIpc) is 3.00. The second-order valence-corrected chi connectivity index (χ2v) is 9.59. The van der Waals surface area contributed by atoms with Crippen molar-refractivity contribution >= 4 is 22.6 Å². The summed E-state index contributed by atoms with van der Waals surface area (Å²) in [5.41, 5.74) is 7.18. The number of ether oxygens (including phenoxy) is 1. The van der Waals surface area contributed by atoms with Crippen molar-refractivity contribution < 1.29 is 9.53 Å². The fraction of sp³-hybridized carbons (Fsp3) is 0.462. The Bertz CT molecular complexity index is 1150. The van der Waals surface area contributed by atoms with Gasteiger partial charge in [0.1, 0.15) is 5.69 Å². The number of hydrogen-bond acceptors (Lipinski definition) is 4. The Labute approximate surface area is 190 Å². The van der Waals surface area contributed by atoms with Crippen LogP contribution in [0.25, 0.3) is 10.9 Å². The molecular formula is C26H34N4O2. The number of benzene rings is 1. The van der Waals surface area contributed by atoms with Crippen LogP contribution in [0.1, 0.15) is 52.3 Å². The van der Waals surface area contributed by atoms with E-state index >= 15 is 0 Å². The highest BCUT2D eigenvalue weighted by molar-refractivity contribution is 6.01. The zero-order valence-corrected chi connectivity index (χ0v) is 20.2. The van der Waals surface area contributed by atoms with Gasteiger partial charge in [0.25, 0.3) is 5.91 Å². The van der Waals surface area contributed by atoms with Crippen LogP contribution in [0, 0.1) is 33.6 Å². The molecule has 6 nitrogen and oxygen atoms in total. The number of pyridine rings is 1. The molecule has 1 aliphatic heterocycles. The van der Waals surface area contributed by atoms with E-state index in [9.17, 15) is 4.79 Å². The van der Waals surface area contributed by atoms with Crippen LogP contribution >= 0.6 is 0 Å². The lowest BCUT2D eigenvalue weighted by atomic mass is 9.84. The topological polar surface area (TPSA) is 70.2 Å². The molecule has 2 aromatic heterocycles. The molecule has 0 radical (unpaired) electrons. The minimum Gasteiger partial charge on any atom is -0.378 e. The SMILES string of the molecule is COC(C)(C)C1CN(C(=O)c2cc3c(C)c(C)[nH]c3c(NCc3c(C)cccc3C)n2)C1. The number of carbonyl (C=O) groups excluding carboxylic acids is 1. The van der Waals surface area contributed by atoms with Gasteiger partial charge >= 0.3 is 0 Å². The van der Waals surface area contributed by atoms with E-state index < -0.39 is 0 Å². The van der Waals surface area contributed by atoms with Gasteiger partial charge in [-0.1, -0.05) is 18.2 Å². The van der Waals surface area contributed by atoms with Crippen molar-refractivity contribution in [2.24, 2.45) is 5.92 Å². The number of methoxy groups -OCH3 is 1. The van der Waals surface area contributed by atoms with Crippen LogP contribution in [-0.4, -0.2) is 46.6 Å². The van der Waals surface area contributed by atoms with E-state index in [0.717, 1.165) is 28.0 Å². The average molecular weight is 435 g/mol. The molecule has 3 aromatic rings. The smallest absolute Gasteiger partial charge is 0.272 e. The van der Waals surface area contributed by atoms with Crippen molar-refractivity contribution in [2.75, 3.05) is 25.5 Å². The molecule has 4 rings (SSSR count). The molecule has 1 fully saturated rings. The number of carbonyl (C=O) groups is 1. The minimum atomic E-state index is -0.235. The first-order valence-electron chi connectivity index (χ1n) is 11.3. The first-order chi connectivity index (χ1) is 15.1. The number of likely N-dealkylation sites (tertiary alicyclic amines) is 1. The Morgan fingerprint density at radius 2 is 1.88 bits per heavy atom. The van der Waals surface area contributed by atoms with Crippen LogP contribution in [0.3, 0.4) is 0 Å². The van der Waals surface area contributed by atoms with Gasteiger partial charge < -0.3 is 19.9 Å². The monoisotopic (exact) mass is 434 g/mol. The van der Waals surface area contributed by atoms with Gasteiger partial charge in [0.15, 0.2) is 5.82 Å². The second-order valence-electron chi connectivity index (χ2n) is 9.59. The number of aryl methyl sites for hydroxylation is 4. The quantitative estimate of drug-likeness (QED) is 0.579. The largest absolute Gasteiger partial charge is 0.378 e. The summed E-state index contributed by atoms with van der Waals surface area (Å²) < 4.78 is 5.60. The molecule has 3 heterocycles. The Balaban J connectivity index is 1.63. The maximum absolute atomic E-state index is 13.3. The summed E-state index contributed by atoms with van der Waals surface area (Å²) >= 11 is 0. The van der Waals surface area contributed by atoms with E-state index in [4.69, 9.17) is 9.72 Å². The Kier molecular flexibility index (Phi) is 5.76. The number of rotatable bonds is 6. The van der Waals surface area contributed by atoms with Gasteiger partial charge in [0.05, 0.1) is 11.1 Å². The lowest BCUT2D eigenvalue weighted by molar-refractivity contribution is -0.0778. The number of nitrogens with zero attached hydrogens (tertiary/aromatic N) is 2. The second kappa shape index (κ2) is 8.24. The molecule has 1 aromatic carbocycles. The molecule has 32 heavy (non-hydrogen) atoms. The van der Waals surface area contributed by atoms with Gasteiger partial charge in [-0.2, -0.15) is 0 Å². The Morgan fingerprint density at radius 1 is 1.22 bits per heavy atom. The van der Waals surface area contributed by atoms with Gasteiger partial charge in [-0.25, -0.2) is 4.98 Å². The summed E-state index contributed by atoms with van der Waals surface area (Å²) in [4.78, 5) is 23.4. The van der Waals surface area contributed by atoms with Gasteiger partial charge in [-0.05, 0) is 69.9 Å². The number of nitrogens with one attached hydrogen (secondary N) is 2. The molecule has 1 aliphatic rings. The number of hydrogen-bond donors (Lipinski definition) is 2. The van der Waals surface area contributed by atoms with E-state index in [-0.39, 0.29) is 11.5 Å². The van der Waals surface area contributed by atoms with E-state index in [2.05, 4.69) is 70.0 Å². The number of aromatic nitrogens is 2. The summed E-state index contributed by atoms with van der Waals surface area (Å²) in [6, 6.07) is 8.25. The zero-order valence-electron chi connectivity index (χ0n) is 20.2. The summed E-state index contributed by atoms with van der Waals surface area (Å²) in [5, 5.41) is 4.55. The standard InChI is InChI=1S/C26H34N4O2/c1-15-9-8-10-16(2)21(15)12-27-24-23-20(17(3)18(4)28-23)11-22(29-24)25(31)30-13-19(14-30)26(5,6)32-7/h8-11,19,28H,12-14H2,1-7H3,(H,27,29). The molecule has 0 atom stereocenters. The van der Waals surface area contributed by atoms with E-state index in [1.54, 1.807) is 7.11 Å². The van der Waals surface area contributed by atoms with Crippen molar-refractivity contribution in [1.29, 1.82) is 0 Å². The predicted molar refractivity (Wildman–Crippen MR) is 129 cm³/mol. The number of fused-ring (bicyclic) bond motifs is 1. The molecule has 1 saturated heterocycles. The normalized spacial score (nSPS) is 14.7. The third-order valence-electron chi connectivity index (χ3n) is 7.27. The van der Waals surface area contributed by atoms with Crippen molar-refractivity contribution in [2.45, 2.75) is 53.7 Å². The van der Waals surface area contributed by atoms with Gasteiger partial charge in [-0.15, -0.1) is 0 Å². The van der Waals surface area contributed by atoms with E-state index in [1.165, 1.54) is 16.7 Å². The maximum atomic E-state index is 13.3. The van der Waals surface area contributed by atoms with Crippen molar-refractivity contribution in [3.05, 3.63) is 57.9 Å². The Morgan fingerprint density at radius 3 is 2.50 bits per heavy atom. The van der Waals surface area contributed by atoms with E-state index in [0.29, 0.717) is 31.2 Å². The Hall–Kier alpha value is -2.86. The zero-order chi connectivity index (χ0) is 23.2. The first kappa shape index (κ1) is 22.3. The van der Waals surface area contributed by atoms with Crippen LogP contribution in [0.5, 0.6) is 0 Å². The van der Waals surface area contributed by atoms with Crippen LogP contribution in [0.15, 0.2) is 24.3 Å². The van der Waals surface area contributed by atoms with Crippen molar-refractivity contribution in [3.63, 3.8) is 0 Å². The third-order valence-corrected chi connectivity index (χ3v) is 7.27. The highest BCUT2D eigenvalue weighted by Crippen LogP contribution is 2.32. The molecule has 6 heteroatoms. The van der Waals surface area contributed by atoms with Crippen molar-refractivity contribution in [1.82, 2.24) is 14.9 Å². The summed E-state index contributed by atoms with van der Waals surface area (Å²) in [5.74, 6) is 1.03. The molecule has 0 bridgehead atoms. The lowest BCUT2D eigenvalue weighted by Gasteiger charge is -2.46. The van der Waals surface area contributed by atoms with Crippen molar-refractivity contribution in [3.8, 4) is 0 Å². The summed E-state index contributed by atoms with van der Waals surface area (Å²) in [7, 11) is 1.73. The molecule has 0 aliphatic carbocycles. The van der Waals surface area contributed by atoms with Crippen LogP contribution in [-0.2, 0) is 11.3 Å². The van der Waals surface area contributed by atoms with Crippen LogP contribution in [0.2, 0.25) is 0 Å². The first-order valence-corrected chi connectivity index (χ1v) is 11.3. The fourth-order valence-corrected chi connectivity index (χ4v) is 4.40. The molecular weight excluding hydrogens is 400 g/mol. The number of anilines is 1. The molecule has 0 unspecified atom stereocenters. The highest BCUT2D eigenvalue weighted by atomic mass is 16.5. The molecule has 0 saturated carbocycles. The van der Waals surface area contributed by atoms with Crippen LogP contribution < -0.4 is 5.32 Å². The lowest BCUT2D eigenvalue weighted by Crippen LogP contribution is -2.58. The van der Waals surface area contributed by atoms with Gasteiger partial charge in [-0.3, -0.25) is 4.79 Å². The molecule has 170 valence electrons. The summed E-state index contributed by atoms with van der Waals surface area (Å²) in [6.45, 7) is 14.6. The predicted octanol–water partition coefficient (Wildman–Crippen LogP) is 4.91. The molecule has 2 N–H and O–H groups in total. The maximum Gasteiger partial charge on any atom is 0.272 e. The summed E-state index contributed by atoms with van der Waals surface area (Å²) in [6.07, 6.45) is 0. The third kappa shape index (κ3) is 3.88. The van der Waals surface area contributed by atoms with E-state index in [1.807, 2.05) is 11.0 Å². The number of aromatic amines is 1. The number of amides is 1. The van der Waals surface area contributed by atoms with Gasteiger partial charge in [0.2, 0.25) is 0 Å². The highest BCUT2D eigenvalue weighted by Gasteiger charge is 2.41. The number of H-pyrrole nitrogens is 1. The van der Waals surface area contributed by atoms with Gasteiger partial charge in [0, 0.05) is 43.7 Å².